The molecular formula is C15H25N3O2. The first-order chi connectivity index (χ1) is 9.40. The maximum Gasteiger partial charge on any atom is 0.238 e. The average molecular weight is 279 g/mol. The molecule has 0 unspecified atom stereocenters. The molecular weight excluding hydrogens is 254 g/mol. The van der Waals surface area contributed by atoms with Gasteiger partial charge < -0.3 is 15.8 Å². The molecule has 3 N–H and O–H groups in total. The van der Waals surface area contributed by atoms with Crippen molar-refractivity contribution in [3.8, 4) is 0 Å². The van der Waals surface area contributed by atoms with Crippen LogP contribution in [0.2, 0.25) is 0 Å². The molecule has 0 aliphatic rings. The molecule has 1 aromatic rings. The van der Waals surface area contributed by atoms with Crippen molar-refractivity contribution in [1.82, 2.24) is 4.90 Å². The summed E-state index contributed by atoms with van der Waals surface area (Å²) in [6, 6.07) is 5.50. The van der Waals surface area contributed by atoms with Gasteiger partial charge in [-0.05, 0) is 45.5 Å². The van der Waals surface area contributed by atoms with Gasteiger partial charge in [0.05, 0.1) is 19.3 Å². The summed E-state index contributed by atoms with van der Waals surface area (Å²) in [5.74, 6) is -0.0502. The van der Waals surface area contributed by atoms with E-state index in [2.05, 4.69) is 5.32 Å². The van der Waals surface area contributed by atoms with Crippen LogP contribution in [0.4, 0.5) is 11.4 Å². The van der Waals surface area contributed by atoms with Crippen LogP contribution < -0.4 is 11.1 Å². The molecule has 0 radical (unpaired) electrons. The van der Waals surface area contributed by atoms with Crippen LogP contribution in [0.3, 0.4) is 0 Å². The zero-order valence-corrected chi connectivity index (χ0v) is 12.8. The lowest BCUT2D eigenvalue weighted by atomic mass is 10.1. The van der Waals surface area contributed by atoms with Crippen molar-refractivity contribution >= 4 is 17.3 Å². The molecule has 0 atom stereocenters. The van der Waals surface area contributed by atoms with Gasteiger partial charge in [0.2, 0.25) is 5.91 Å². The van der Waals surface area contributed by atoms with E-state index < -0.39 is 0 Å². The van der Waals surface area contributed by atoms with Crippen molar-refractivity contribution in [2.45, 2.75) is 26.9 Å². The number of nitrogen functional groups attached to an aromatic ring is 1. The Kier molecular flexibility index (Phi) is 6.48. The fourth-order valence-electron chi connectivity index (χ4n) is 1.75. The lowest BCUT2D eigenvalue weighted by molar-refractivity contribution is -0.117. The molecule has 0 saturated heterocycles. The normalized spacial score (nSPS) is 11.1. The summed E-state index contributed by atoms with van der Waals surface area (Å²) in [5, 5.41) is 2.88. The Hall–Kier alpha value is -1.59. The molecule has 1 aromatic carbocycles. The first-order valence-corrected chi connectivity index (χ1v) is 6.85. The average Bonchev–Trinajstić information content (AvgIpc) is 2.34. The molecule has 0 aromatic heterocycles. The van der Waals surface area contributed by atoms with E-state index in [1.54, 1.807) is 0 Å². The van der Waals surface area contributed by atoms with Gasteiger partial charge >= 0.3 is 0 Å². The number of nitrogens with two attached hydrogens (primary N) is 1. The van der Waals surface area contributed by atoms with E-state index in [4.69, 9.17) is 10.5 Å². The first kappa shape index (κ1) is 16.5. The van der Waals surface area contributed by atoms with E-state index >= 15 is 0 Å². The van der Waals surface area contributed by atoms with Crippen LogP contribution >= 0.6 is 0 Å². The third-order valence-corrected chi connectivity index (χ3v) is 2.99. The number of hydrogen-bond acceptors (Lipinski definition) is 4. The van der Waals surface area contributed by atoms with Gasteiger partial charge in [-0.1, -0.05) is 6.07 Å². The number of likely N-dealkylation sites (N-methyl/N-ethyl adjacent to an activating group) is 1. The Bertz CT molecular complexity index is 447. The highest BCUT2D eigenvalue weighted by atomic mass is 16.5. The monoisotopic (exact) mass is 279 g/mol. The summed E-state index contributed by atoms with van der Waals surface area (Å²) in [5.41, 5.74) is 8.16. The molecule has 0 fully saturated rings. The van der Waals surface area contributed by atoms with E-state index in [0.29, 0.717) is 18.8 Å². The number of rotatable bonds is 7. The van der Waals surface area contributed by atoms with Crippen molar-refractivity contribution < 1.29 is 9.53 Å². The number of nitrogens with one attached hydrogen (secondary N) is 1. The Morgan fingerprint density at radius 1 is 1.45 bits per heavy atom. The highest BCUT2D eigenvalue weighted by Crippen LogP contribution is 2.20. The van der Waals surface area contributed by atoms with Gasteiger partial charge in [0.25, 0.3) is 0 Å². The molecule has 20 heavy (non-hydrogen) atoms. The number of anilines is 2. The number of nitrogens with zero attached hydrogens (tertiary/aromatic N) is 1. The Balaban J connectivity index is 2.41. The topological polar surface area (TPSA) is 67.6 Å². The molecule has 0 saturated carbocycles. The SMILES string of the molecule is Cc1c(N)cccc1NC(=O)CN(C)CCOC(C)C. The van der Waals surface area contributed by atoms with Crippen molar-refractivity contribution in [2.24, 2.45) is 0 Å². The van der Waals surface area contributed by atoms with Crippen LogP contribution in [0.25, 0.3) is 0 Å². The summed E-state index contributed by atoms with van der Waals surface area (Å²) in [6.45, 7) is 7.56. The van der Waals surface area contributed by atoms with Crippen molar-refractivity contribution in [3.05, 3.63) is 23.8 Å². The molecule has 5 nitrogen and oxygen atoms in total. The Morgan fingerprint density at radius 2 is 2.15 bits per heavy atom. The second-order valence-corrected chi connectivity index (χ2v) is 5.23. The van der Waals surface area contributed by atoms with Crippen LogP contribution in [0, 0.1) is 6.92 Å². The summed E-state index contributed by atoms with van der Waals surface area (Å²) in [4.78, 5) is 13.9. The lowest BCUT2D eigenvalue weighted by Crippen LogP contribution is -2.33. The van der Waals surface area contributed by atoms with Crippen molar-refractivity contribution in [3.63, 3.8) is 0 Å². The zero-order valence-electron chi connectivity index (χ0n) is 12.8. The number of amides is 1. The largest absolute Gasteiger partial charge is 0.398 e. The minimum absolute atomic E-state index is 0.0502. The molecule has 0 spiro atoms. The van der Waals surface area contributed by atoms with Gasteiger partial charge in [0.15, 0.2) is 0 Å². The van der Waals surface area contributed by atoms with Crippen LogP contribution in [0.1, 0.15) is 19.4 Å². The zero-order chi connectivity index (χ0) is 15.1. The van der Waals surface area contributed by atoms with Gasteiger partial charge in [-0.3, -0.25) is 9.69 Å². The lowest BCUT2D eigenvalue weighted by Gasteiger charge is -2.18. The number of carbonyl (C=O) groups excluding carboxylic acids is 1. The van der Waals surface area contributed by atoms with Gasteiger partial charge in [-0.2, -0.15) is 0 Å². The quantitative estimate of drug-likeness (QED) is 0.748. The summed E-state index contributed by atoms with van der Waals surface area (Å²) < 4.78 is 5.46. The molecule has 5 heteroatoms. The highest BCUT2D eigenvalue weighted by molar-refractivity contribution is 5.93. The molecule has 112 valence electrons. The van der Waals surface area contributed by atoms with E-state index in [1.165, 1.54) is 0 Å². The highest BCUT2D eigenvalue weighted by Gasteiger charge is 2.09. The molecule has 1 rings (SSSR count). The predicted molar refractivity (Wildman–Crippen MR) is 82.8 cm³/mol. The fraction of sp³-hybridized carbons (Fsp3) is 0.533. The standard InChI is InChI=1S/C15H25N3O2/c1-11(2)20-9-8-18(4)10-15(19)17-14-7-5-6-13(16)12(14)3/h5-7,11H,8-10,16H2,1-4H3,(H,17,19). The second-order valence-electron chi connectivity index (χ2n) is 5.23. The fourth-order valence-corrected chi connectivity index (χ4v) is 1.75. The summed E-state index contributed by atoms with van der Waals surface area (Å²) in [6.07, 6.45) is 0.215. The maximum absolute atomic E-state index is 11.9. The first-order valence-electron chi connectivity index (χ1n) is 6.85. The molecule has 0 bridgehead atoms. The van der Waals surface area contributed by atoms with Gasteiger partial charge in [0.1, 0.15) is 0 Å². The van der Waals surface area contributed by atoms with Gasteiger partial charge in [-0.15, -0.1) is 0 Å². The van der Waals surface area contributed by atoms with Crippen LogP contribution in [-0.4, -0.2) is 43.7 Å². The number of ether oxygens (including phenoxy) is 1. The molecule has 0 aliphatic carbocycles. The minimum atomic E-state index is -0.0502. The van der Waals surface area contributed by atoms with Gasteiger partial charge in [-0.25, -0.2) is 0 Å². The second kappa shape index (κ2) is 7.87. The van der Waals surface area contributed by atoms with Crippen LogP contribution in [0.5, 0.6) is 0 Å². The van der Waals surface area contributed by atoms with E-state index in [0.717, 1.165) is 17.8 Å². The van der Waals surface area contributed by atoms with Crippen LogP contribution in [0.15, 0.2) is 18.2 Å². The maximum atomic E-state index is 11.9. The van der Waals surface area contributed by atoms with E-state index in [9.17, 15) is 4.79 Å². The summed E-state index contributed by atoms with van der Waals surface area (Å²) >= 11 is 0. The number of hydrogen-bond donors (Lipinski definition) is 2. The minimum Gasteiger partial charge on any atom is -0.398 e. The van der Waals surface area contributed by atoms with E-state index in [1.807, 2.05) is 50.9 Å². The third-order valence-electron chi connectivity index (χ3n) is 2.99. The van der Waals surface area contributed by atoms with Crippen LogP contribution in [-0.2, 0) is 9.53 Å². The molecule has 1 amide bonds. The summed E-state index contributed by atoms with van der Waals surface area (Å²) in [7, 11) is 1.90. The molecule has 0 aliphatic heterocycles. The predicted octanol–water partition coefficient (Wildman–Crippen LogP) is 1.87. The number of benzene rings is 1. The van der Waals surface area contributed by atoms with E-state index in [-0.39, 0.29) is 12.0 Å². The smallest absolute Gasteiger partial charge is 0.238 e. The van der Waals surface area contributed by atoms with Crippen molar-refractivity contribution in [1.29, 1.82) is 0 Å². The Morgan fingerprint density at radius 3 is 2.80 bits per heavy atom. The molecule has 0 heterocycles. The number of carbonyl (C=O) groups is 1. The van der Waals surface area contributed by atoms with Crippen molar-refractivity contribution in [2.75, 3.05) is 37.8 Å². The Labute approximate surface area is 121 Å². The van der Waals surface area contributed by atoms with Gasteiger partial charge in [0, 0.05) is 17.9 Å². The third kappa shape index (κ3) is 5.59.